The number of methoxy groups -OCH3 is 3. The number of carbonyl (C=O) groups is 1. The number of benzene rings is 1. The van der Waals surface area contributed by atoms with Gasteiger partial charge in [0.05, 0.1) is 27.8 Å². The van der Waals surface area contributed by atoms with E-state index >= 15 is 0 Å². The molecule has 0 spiro atoms. The summed E-state index contributed by atoms with van der Waals surface area (Å²) in [4.78, 5) is 14.8. The first kappa shape index (κ1) is 21.4. The zero-order valence-electron chi connectivity index (χ0n) is 17.3. The van der Waals surface area contributed by atoms with Crippen LogP contribution in [0.4, 0.5) is 0 Å². The minimum absolute atomic E-state index is 0.00431. The van der Waals surface area contributed by atoms with Crippen LogP contribution >= 0.6 is 0 Å². The Morgan fingerprint density at radius 3 is 2.19 bits per heavy atom. The van der Waals surface area contributed by atoms with E-state index in [1.54, 1.807) is 21.3 Å². The van der Waals surface area contributed by atoms with Gasteiger partial charge in [0.2, 0.25) is 11.7 Å². The minimum Gasteiger partial charge on any atom is -0.493 e. The minimum atomic E-state index is 0.00431. The molecule has 152 valence electrons. The molecule has 1 amide bonds. The molecule has 2 atom stereocenters. The Kier molecular flexibility index (Phi) is 8.23. The summed E-state index contributed by atoms with van der Waals surface area (Å²) in [5.74, 6) is 3.20. The highest BCUT2D eigenvalue weighted by Crippen LogP contribution is 2.38. The van der Waals surface area contributed by atoms with Crippen molar-refractivity contribution in [1.82, 2.24) is 10.2 Å². The number of nitrogens with one attached hydrogen (secondary N) is 1. The number of likely N-dealkylation sites (tertiary alicyclic amines) is 1. The molecule has 1 N–H and O–H groups in total. The fourth-order valence-corrected chi connectivity index (χ4v) is 3.99. The average molecular weight is 379 g/mol. The van der Waals surface area contributed by atoms with Gasteiger partial charge in [0.15, 0.2) is 11.5 Å². The van der Waals surface area contributed by atoms with E-state index in [9.17, 15) is 4.79 Å². The largest absolute Gasteiger partial charge is 0.493 e. The van der Waals surface area contributed by atoms with E-state index in [0.29, 0.717) is 23.8 Å². The predicted molar refractivity (Wildman–Crippen MR) is 107 cm³/mol. The summed E-state index contributed by atoms with van der Waals surface area (Å²) in [5.41, 5.74) is 0.834. The van der Waals surface area contributed by atoms with Gasteiger partial charge in [-0.05, 0) is 48.9 Å². The molecule has 1 aliphatic heterocycles. The maximum Gasteiger partial charge on any atom is 0.224 e. The van der Waals surface area contributed by atoms with Crippen LogP contribution in [0.25, 0.3) is 0 Å². The summed E-state index contributed by atoms with van der Waals surface area (Å²) in [6, 6.07) is 3.63. The molecule has 2 rings (SSSR count). The Balaban J connectivity index is 1.80. The highest BCUT2D eigenvalue weighted by molar-refractivity contribution is 5.79. The van der Waals surface area contributed by atoms with Crippen molar-refractivity contribution >= 4 is 5.91 Å². The summed E-state index contributed by atoms with van der Waals surface area (Å²) < 4.78 is 16.0. The Morgan fingerprint density at radius 1 is 1.07 bits per heavy atom. The van der Waals surface area contributed by atoms with Gasteiger partial charge in [0, 0.05) is 19.6 Å². The van der Waals surface area contributed by atoms with E-state index in [1.807, 2.05) is 12.1 Å². The smallest absolute Gasteiger partial charge is 0.224 e. The van der Waals surface area contributed by atoms with Gasteiger partial charge in [-0.25, -0.2) is 0 Å². The van der Waals surface area contributed by atoms with E-state index in [1.165, 1.54) is 19.5 Å². The molecule has 1 aromatic carbocycles. The monoisotopic (exact) mass is 378 g/mol. The van der Waals surface area contributed by atoms with Crippen LogP contribution in [0.2, 0.25) is 0 Å². The Morgan fingerprint density at radius 2 is 1.67 bits per heavy atom. The van der Waals surface area contributed by atoms with Crippen molar-refractivity contribution in [3.63, 3.8) is 0 Å². The van der Waals surface area contributed by atoms with E-state index in [4.69, 9.17) is 14.2 Å². The van der Waals surface area contributed by atoms with E-state index in [0.717, 1.165) is 30.4 Å². The lowest BCUT2D eigenvalue weighted by molar-refractivity contribution is -0.120. The van der Waals surface area contributed by atoms with Crippen LogP contribution in [0, 0.1) is 11.8 Å². The van der Waals surface area contributed by atoms with E-state index < -0.39 is 0 Å². The van der Waals surface area contributed by atoms with Gasteiger partial charge >= 0.3 is 0 Å². The van der Waals surface area contributed by atoms with Crippen molar-refractivity contribution < 1.29 is 19.0 Å². The standard InChI is InChI=1S/C21H34N2O4/c1-15-9-16(2)14-23(13-15)8-6-7-22-20(24)12-17-10-18(25-3)21(27-5)19(11-17)26-4/h10-11,15-16H,6-9,12-14H2,1-5H3,(H,22,24)/t15-,16-/m1/s1. The molecule has 0 saturated carbocycles. The van der Waals surface area contributed by atoms with Crippen molar-refractivity contribution in [2.24, 2.45) is 11.8 Å². The number of nitrogens with zero attached hydrogens (tertiary/aromatic N) is 1. The molecule has 0 bridgehead atoms. The molecule has 1 heterocycles. The number of ether oxygens (including phenoxy) is 3. The van der Waals surface area contributed by atoms with Gasteiger partial charge in [-0.15, -0.1) is 0 Å². The lowest BCUT2D eigenvalue weighted by Gasteiger charge is -2.34. The van der Waals surface area contributed by atoms with Gasteiger partial charge < -0.3 is 24.4 Å². The highest BCUT2D eigenvalue weighted by Gasteiger charge is 2.21. The first-order valence-electron chi connectivity index (χ1n) is 9.74. The molecular formula is C21H34N2O4. The first-order valence-corrected chi connectivity index (χ1v) is 9.74. The Hall–Kier alpha value is -1.95. The summed E-state index contributed by atoms with van der Waals surface area (Å²) >= 11 is 0. The predicted octanol–water partition coefficient (Wildman–Crippen LogP) is 2.74. The topological polar surface area (TPSA) is 60.0 Å². The molecule has 6 nitrogen and oxygen atoms in total. The Bertz CT molecular complexity index is 585. The van der Waals surface area contributed by atoms with Crippen molar-refractivity contribution in [3.8, 4) is 17.2 Å². The molecule has 27 heavy (non-hydrogen) atoms. The van der Waals surface area contributed by atoms with Crippen LogP contribution in [0.15, 0.2) is 12.1 Å². The second-order valence-corrected chi connectivity index (χ2v) is 7.62. The van der Waals surface area contributed by atoms with Crippen LogP contribution in [0.1, 0.15) is 32.3 Å². The normalized spacial score (nSPS) is 20.2. The highest BCUT2D eigenvalue weighted by atomic mass is 16.5. The lowest BCUT2D eigenvalue weighted by atomic mass is 9.92. The van der Waals surface area contributed by atoms with Crippen LogP contribution in [-0.2, 0) is 11.2 Å². The van der Waals surface area contributed by atoms with Crippen LogP contribution < -0.4 is 19.5 Å². The van der Waals surface area contributed by atoms with Crippen LogP contribution in [0.5, 0.6) is 17.2 Å². The van der Waals surface area contributed by atoms with E-state index in [2.05, 4.69) is 24.1 Å². The molecule has 1 saturated heterocycles. The summed E-state index contributed by atoms with van der Waals surface area (Å²) in [5, 5.41) is 3.02. The zero-order valence-corrected chi connectivity index (χ0v) is 17.3. The van der Waals surface area contributed by atoms with Crippen LogP contribution in [0.3, 0.4) is 0 Å². The molecule has 1 fully saturated rings. The van der Waals surface area contributed by atoms with Gasteiger partial charge in [0.25, 0.3) is 0 Å². The fourth-order valence-electron chi connectivity index (χ4n) is 3.99. The zero-order chi connectivity index (χ0) is 19.8. The molecule has 0 radical (unpaired) electrons. The summed E-state index contributed by atoms with van der Waals surface area (Å²) in [6.45, 7) is 8.72. The third-order valence-electron chi connectivity index (χ3n) is 5.01. The third-order valence-corrected chi connectivity index (χ3v) is 5.01. The number of hydrogen-bond acceptors (Lipinski definition) is 5. The van der Waals surface area contributed by atoms with Crippen molar-refractivity contribution in [2.45, 2.75) is 33.1 Å². The fraction of sp³-hybridized carbons (Fsp3) is 0.667. The quantitative estimate of drug-likeness (QED) is 0.670. The van der Waals surface area contributed by atoms with Gasteiger partial charge in [-0.1, -0.05) is 13.8 Å². The lowest BCUT2D eigenvalue weighted by Crippen LogP contribution is -2.40. The second-order valence-electron chi connectivity index (χ2n) is 7.62. The molecule has 1 aromatic rings. The van der Waals surface area contributed by atoms with E-state index in [-0.39, 0.29) is 12.3 Å². The van der Waals surface area contributed by atoms with Crippen molar-refractivity contribution in [3.05, 3.63) is 17.7 Å². The number of amides is 1. The number of rotatable bonds is 9. The van der Waals surface area contributed by atoms with Gasteiger partial charge in [-0.3, -0.25) is 4.79 Å². The molecule has 0 aromatic heterocycles. The molecular weight excluding hydrogens is 344 g/mol. The maximum atomic E-state index is 12.3. The number of hydrogen-bond donors (Lipinski definition) is 1. The van der Waals surface area contributed by atoms with Gasteiger partial charge in [0.1, 0.15) is 0 Å². The summed E-state index contributed by atoms with van der Waals surface area (Å²) in [7, 11) is 4.71. The number of carbonyl (C=O) groups excluding carboxylic acids is 1. The molecule has 0 unspecified atom stereocenters. The molecule has 6 heteroatoms. The van der Waals surface area contributed by atoms with Crippen molar-refractivity contribution in [2.75, 3.05) is 47.5 Å². The summed E-state index contributed by atoms with van der Waals surface area (Å²) in [6.07, 6.45) is 2.58. The third kappa shape index (κ3) is 6.31. The average Bonchev–Trinajstić information content (AvgIpc) is 2.63. The van der Waals surface area contributed by atoms with Crippen LogP contribution in [-0.4, -0.2) is 58.3 Å². The Labute approximate surface area is 163 Å². The van der Waals surface area contributed by atoms with Gasteiger partial charge in [-0.2, -0.15) is 0 Å². The van der Waals surface area contributed by atoms with Crippen molar-refractivity contribution in [1.29, 1.82) is 0 Å². The maximum absolute atomic E-state index is 12.3. The molecule has 0 aliphatic carbocycles. The first-order chi connectivity index (χ1) is 13.0. The SMILES string of the molecule is COc1cc(CC(=O)NCCCN2C[C@H](C)C[C@@H](C)C2)cc(OC)c1OC. The number of piperidine rings is 1. The second kappa shape index (κ2) is 10.4. The molecule has 1 aliphatic rings.